The molecule has 19 heavy (non-hydrogen) atoms. The van der Waals surface area contributed by atoms with E-state index < -0.39 is 10.0 Å². The molecule has 0 atom stereocenters. The van der Waals surface area contributed by atoms with Gasteiger partial charge in [0.2, 0.25) is 10.0 Å². The molecule has 1 rings (SSSR count). The first-order valence-electron chi connectivity index (χ1n) is 6.32. The zero-order valence-corrected chi connectivity index (χ0v) is 12.5. The van der Waals surface area contributed by atoms with Crippen molar-refractivity contribution in [2.45, 2.75) is 31.6 Å². The summed E-state index contributed by atoms with van der Waals surface area (Å²) in [5.74, 6) is 1.04. The van der Waals surface area contributed by atoms with Crippen molar-refractivity contribution in [3.05, 3.63) is 18.2 Å². The van der Waals surface area contributed by atoms with Gasteiger partial charge in [0.25, 0.3) is 0 Å². The monoisotopic (exact) mass is 286 g/mol. The van der Waals surface area contributed by atoms with Gasteiger partial charge in [-0.2, -0.15) is 0 Å². The van der Waals surface area contributed by atoms with Crippen molar-refractivity contribution in [3.8, 4) is 5.75 Å². The Morgan fingerprint density at radius 2 is 2.05 bits per heavy atom. The van der Waals surface area contributed by atoms with Crippen LogP contribution in [0.5, 0.6) is 5.75 Å². The maximum absolute atomic E-state index is 11.7. The number of hydrogen-bond donors (Lipinski definition) is 2. The molecule has 0 aromatic heterocycles. The molecule has 0 fully saturated rings. The van der Waals surface area contributed by atoms with Gasteiger partial charge in [0.15, 0.2) is 0 Å². The molecule has 0 unspecified atom stereocenters. The van der Waals surface area contributed by atoms with Crippen molar-refractivity contribution in [1.82, 2.24) is 4.72 Å². The van der Waals surface area contributed by atoms with E-state index in [2.05, 4.69) is 18.6 Å². The number of anilines is 1. The van der Waals surface area contributed by atoms with Crippen LogP contribution in [0.1, 0.15) is 26.7 Å². The van der Waals surface area contributed by atoms with Crippen LogP contribution < -0.4 is 15.2 Å². The van der Waals surface area contributed by atoms with E-state index in [1.165, 1.54) is 19.2 Å². The maximum Gasteiger partial charge on any atom is 0.240 e. The molecule has 1 aromatic carbocycles. The highest BCUT2D eigenvalue weighted by molar-refractivity contribution is 7.89. The van der Waals surface area contributed by atoms with Crippen LogP contribution in [0, 0.1) is 5.92 Å². The second-order valence-corrected chi connectivity index (χ2v) is 6.68. The van der Waals surface area contributed by atoms with E-state index in [0.29, 0.717) is 24.0 Å². The lowest BCUT2D eigenvalue weighted by Gasteiger charge is -2.11. The third-order valence-corrected chi connectivity index (χ3v) is 4.16. The molecule has 0 amide bonds. The summed E-state index contributed by atoms with van der Waals surface area (Å²) >= 11 is 0. The minimum absolute atomic E-state index is 0.156. The summed E-state index contributed by atoms with van der Waals surface area (Å²) < 4.78 is 31.2. The van der Waals surface area contributed by atoms with Gasteiger partial charge in [0.05, 0.1) is 17.2 Å². The maximum atomic E-state index is 11.7. The highest BCUT2D eigenvalue weighted by Gasteiger charge is 2.13. The number of nitrogens with one attached hydrogen (secondary N) is 1. The largest absolute Gasteiger partial charge is 0.491 e. The van der Waals surface area contributed by atoms with Gasteiger partial charge in [0, 0.05) is 6.07 Å². The SMILES string of the molecule is CNS(=O)(=O)c1ccc(N)c(OCCCC(C)C)c1. The number of rotatable bonds is 7. The normalized spacial score (nSPS) is 11.8. The summed E-state index contributed by atoms with van der Waals surface area (Å²) in [6.07, 6.45) is 1.98. The third-order valence-electron chi connectivity index (χ3n) is 2.75. The first kappa shape index (κ1) is 15.8. The molecule has 0 aliphatic rings. The number of ether oxygens (including phenoxy) is 1. The number of nitrogens with two attached hydrogens (primary N) is 1. The summed E-state index contributed by atoms with van der Waals surface area (Å²) in [6, 6.07) is 4.46. The molecule has 0 saturated heterocycles. The Morgan fingerprint density at radius 3 is 2.63 bits per heavy atom. The summed E-state index contributed by atoms with van der Waals surface area (Å²) in [6.45, 7) is 4.83. The second-order valence-electron chi connectivity index (χ2n) is 4.79. The van der Waals surface area contributed by atoms with E-state index >= 15 is 0 Å². The number of benzene rings is 1. The molecule has 0 aliphatic heterocycles. The Kier molecular flexibility index (Phi) is 5.62. The minimum Gasteiger partial charge on any atom is -0.491 e. The second kappa shape index (κ2) is 6.77. The summed E-state index contributed by atoms with van der Waals surface area (Å²) in [4.78, 5) is 0.156. The van der Waals surface area contributed by atoms with E-state index in [0.717, 1.165) is 12.8 Å². The van der Waals surface area contributed by atoms with Crippen LogP contribution >= 0.6 is 0 Å². The smallest absolute Gasteiger partial charge is 0.240 e. The van der Waals surface area contributed by atoms with Crippen LogP contribution in [-0.2, 0) is 10.0 Å². The van der Waals surface area contributed by atoms with Gasteiger partial charge in [-0.05, 0) is 37.9 Å². The van der Waals surface area contributed by atoms with Gasteiger partial charge in [-0.25, -0.2) is 13.1 Å². The van der Waals surface area contributed by atoms with E-state index in [1.54, 1.807) is 6.07 Å². The van der Waals surface area contributed by atoms with E-state index in [-0.39, 0.29) is 4.90 Å². The molecule has 0 saturated carbocycles. The molecule has 0 spiro atoms. The van der Waals surface area contributed by atoms with Crippen LogP contribution in [-0.4, -0.2) is 22.1 Å². The number of sulfonamides is 1. The fraction of sp³-hybridized carbons (Fsp3) is 0.538. The highest BCUT2D eigenvalue weighted by Crippen LogP contribution is 2.25. The van der Waals surface area contributed by atoms with Gasteiger partial charge in [-0.15, -0.1) is 0 Å². The topological polar surface area (TPSA) is 81.4 Å². The molecular weight excluding hydrogens is 264 g/mol. The molecule has 0 heterocycles. The van der Waals surface area contributed by atoms with Gasteiger partial charge >= 0.3 is 0 Å². The quantitative estimate of drug-likeness (QED) is 0.593. The van der Waals surface area contributed by atoms with Gasteiger partial charge in [-0.1, -0.05) is 13.8 Å². The van der Waals surface area contributed by atoms with Crippen molar-refractivity contribution in [3.63, 3.8) is 0 Å². The predicted octanol–water partition coefficient (Wildman–Crippen LogP) is 1.99. The number of nitrogen functional groups attached to an aromatic ring is 1. The van der Waals surface area contributed by atoms with E-state index in [4.69, 9.17) is 10.5 Å². The Bertz CT molecular complexity index is 513. The predicted molar refractivity (Wildman–Crippen MR) is 76.7 cm³/mol. The highest BCUT2D eigenvalue weighted by atomic mass is 32.2. The number of hydrogen-bond acceptors (Lipinski definition) is 4. The molecule has 3 N–H and O–H groups in total. The van der Waals surface area contributed by atoms with Crippen molar-refractivity contribution in [2.24, 2.45) is 5.92 Å². The zero-order valence-electron chi connectivity index (χ0n) is 11.6. The molecule has 5 nitrogen and oxygen atoms in total. The van der Waals surface area contributed by atoms with Crippen molar-refractivity contribution in [1.29, 1.82) is 0 Å². The Balaban J connectivity index is 2.75. The molecule has 6 heteroatoms. The van der Waals surface area contributed by atoms with Gasteiger partial charge in [-0.3, -0.25) is 0 Å². The lowest BCUT2D eigenvalue weighted by molar-refractivity contribution is 0.298. The van der Waals surface area contributed by atoms with Crippen molar-refractivity contribution < 1.29 is 13.2 Å². The van der Waals surface area contributed by atoms with Crippen molar-refractivity contribution >= 4 is 15.7 Å². The van der Waals surface area contributed by atoms with Gasteiger partial charge < -0.3 is 10.5 Å². The average Bonchev–Trinajstić information content (AvgIpc) is 2.36. The Labute approximate surface area is 115 Å². The van der Waals surface area contributed by atoms with Crippen LogP contribution in [0.15, 0.2) is 23.1 Å². The Morgan fingerprint density at radius 1 is 1.37 bits per heavy atom. The first-order chi connectivity index (χ1) is 8.86. The fourth-order valence-electron chi connectivity index (χ4n) is 1.60. The van der Waals surface area contributed by atoms with Crippen molar-refractivity contribution in [2.75, 3.05) is 19.4 Å². The zero-order chi connectivity index (χ0) is 14.5. The summed E-state index contributed by atoms with van der Waals surface area (Å²) in [5.41, 5.74) is 6.22. The Hall–Kier alpha value is -1.27. The fourth-order valence-corrected chi connectivity index (χ4v) is 2.34. The third kappa shape index (κ3) is 4.72. The lowest BCUT2D eigenvalue weighted by Crippen LogP contribution is -2.18. The lowest BCUT2D eigenvalue weighted by atomic mass is 10.1. The molecule has 108 valence electrons. The van der Waals surface area contributed by atoms with Crippen LogP contribution in [0.3, 0.4) is 0 Å². The molecule has 0 radical (unpaired) electrons. The standard InChI is InChI=1S/C13H22N2O3S/c1-10(2)5-4-8-18-13-9-11(6-7-12(13)14)19(16,17)15-3/h6-7,9-10,15H,4-5,8,14H2,1-3H3. The average molecular weight is 286 g/mol. The molecule has 1 aromatic rings. The van der Waals surface area contributed by atoms with Gasteiger partial charge in [0.1, 0.15) is 5.75 Å². The first-order valence-corrected chi connectivity index (χ1v) is 7.81. The van der Waals surface area contributed by atoms with Crippen LogP contribution in [0.4, 0.5) is 5.69 Å². The van der Waals surface area contributed by atoms with Crippen LogP contribution in [0.2, 0.25) is 0 Å². The van der Waals surface area contributed by atoms with E-state index in [1.807, 2.05) is 0 Å². The minimum atomic E-state index is -3.47. The van der Waals surface area contributed by atoms with Crippen LogP contribution in [0.25, 0.3) is 0 Å². The molecule has 0 bridgehead atoms. The summed E-state index contributed by atoms with van der Waals surface area (Å²) in [5, 5.41) is 0. The molecular formula is C13H22N2O3S. The van der Waals surface area contributed by atoms with E-state index in [9.17, 15) is 8.42 Å². The molecule has 0 aliphatic carbocycles. The summed E-state index contributed by atoms with van der Waals surface area (Å²) in [7, 11) is -2.10.